The Kier molecular flexibility index (Phi) is 7.01. The van der Waals surface area contributed by atoms with Gasteiger partial charge >= 0.3 is 5.51 Å². The van der Waals surface area contributed by atoms with Gasteiger partial charge in [0.05, 0.1) is 6.10 Å². The average molecular weight is 449 g/mol. The third kappa shape index (κ3) is 5.58. The molecule has 2 aromatic rings. The van der Waals surface area contributed by atoms with Crippen molar-refractivity contribution in [2.75, 3.05) is 11.5 Å². The first kappa shape index (κ1) is 22.2. The fourth-order valence-corrected chi connectivity index (χ4v) is 6.16. The molecule has 2 aromatic carbocycles. The van der Waals surface area contributed by atoms with Gasteiger partial charge < -0.3 is 9.29 Å². The van der Waals surface area contributed by atoms with Crippen LogP contribution in [0, 0.1) is 0 Å². The minimum Gasteiger partial charge on any atom is -0.741 e. The van der Waals surface area contributed by atoms with Crippen LogP contribution in [0.2, 0.25) is 0 Å². The van der Waals surface area contributed by atoms with Gasteiger partial charge in [0.15, 0.2) is 15.0 Å². The molecule has 2 aliphatic rings. The van der Waals surface area contributed by atoms with Gasteiger partial charge in [0.2, 0.25) is 0 Å². The number of alkyl halides is 3. The molecule has 4 rings (SSSR count). The Labute approximate surface area is 171 Å². The first-order valence-corrected chi connectivity index (χ1v) is 12.5. The fraction of sp³-hybridized carbons (Fsp3) is 0.500. The summed E-state index contributed by atoms with van der Waals surface area (Å²) in [6.07, 6.45) is 8.33. The van der Waals surface area contributed by atoms with Crippen molar-refractivity contribution in [3.63, 3.8) is 0 Å². The van der Waals surface area contributed by atoms with E-state index < -0.39 is 15.6 Å². The molecule has 1 saturated heterocycles. The molecule has 160 valence electrons. The molecule has 0 bridgehead atoms. The molecule has 0 atom stereocenters. The van der Waals surface area contributed by atoms with E-state index in [2.05, 4.69) is 36.4 Å². The van der Waals surface area contributed by atoms with Gasteiger partial charge in [0.1, 0.15) is 17.3 Å². The van der Waals surface area contributed by atoms with Crippen LogP contribution in [-0.4, -0.2) is 36.1 Å². The smallest absolute Gasteiger partial charge is 0.485 e. The predicted molar refractivity (Wildman–Crippen MR) is 107 cm³/mol. The summed E-state index contributed by atoms with van der Waals surface area (Å²) >= 11 is 0. The summed E-state index contributed by atoms with van der Waals surface area (Å²) < 4.78 is 65.2. The van der Waals surface area contributed by atoms with Crippen LogP contribution in [0.1, 0.15) is 38.5 Å². The SMILES string of the molecule is O=S(=O)([O-])C(F)(F)F.c1ccc2c([S+]3CCCC3)ccc(OC3CCCC3)c2c1. The molecule has 1 aliphatic carbocycles. The quantitative estimate of drug-likeness (QED) is 0.377. The summed E-state index contributed by atoms with van der Waals surface area (Å²) in [5.41, 5.74) is -5.65. The zero-order valence-electron chi connectivity index (χ0n) is 15.8. The Morgan fingerprint density at radius 1 is 0.931 bits per heavy atom. The molecule has 2 fully saturated rings. The van der Waals surface area contributed by atoms with Crippen LogP contribution in [-0.2, 0) is 21.0 Å². The molecule has 1 aliphatic heterocycles. The number of fused-ring (bicyclic) bond motifs is 1. The molecule has 1 heterocycles. The second kappa shape index (κ2) is 9.14. The largest absolute Gasteiger partial charge is 0.741 e. The van der Waals surface area contributed by atoms with Gasteiger partial charge in [-0.25, -0.2) is 8.42 Å². The molecule has 0 unspecified atom stereocenters. The Hall–Kier alpha value is -1.45. The van der Waals surface area contributed by atoms with E-state index in [4.69, 9.17) is 17.7 Å². The summed E-state index contributed by atoms with van der Waals surface area (Å²) in [5.74, 6) is 3.86. The maximum Gasteiger partial charge on any atom is 0.485 e. The molecule has 0 N–H and O–H groups in total. The van der Waals surface area contributed by atoms with Crippen molar-refractivity contribution in [3.8, 4) is 5.75 Å². The van der Waals surface area contributed by atoms with Gasteiger partial charge in [0, 0.05) is 21.7 Å². The fourth-order valence-electron chi connectivity index (χ4n) is 3.66. The molecule has 29 heavy (non-hydrogen) atoms. The summed E-state index contributed by atoms with van der Waals surface area (Å²) in [6, 6.07) is 13.4. The van der Waals surface area contributed by atoms with E-state index in [0.29, 0.717) is 17.0 Å². The minimum absolute atomic E-state index is 0.438. The van der Waals surface area contributed by atoms with Crippen molar-refractivity contribution in [3.05, 3.63) is 36.4 Å². The highest BCUT2D eigenvalue weighted by Gasteiger charge is 2.37. The number of halogens is 3. The van der Waals surface area contributed by atoms with Gasteiger partial charge in [-0.05, 0) is 56.7 Å². The van der Waals surface area contributed by atoms with Crippen molar-refractivity contribution in [1.82, 2.24) is 0 Å². The van der Waals surface area contributed by atoms with Crippen molar-refractivity contribution >= 4 is 31.8 Å². The van der Waals surface area contributed by atoms with Crippen LogP contribution < -0.4 is 4.74 Å². The second-order valence-electron chi connectivity index (χ2n) is 7.14. The lowest BCUT2D eigenvalue weighted by Gasteiger charge is -2.16. The summed E-state index contributed by atoms with van der Waals surface area (Å²) in [4.78, 5) is 1.57. The Morgan fingerprint density at radius 2 is 1.48 bits per heavy atom. The van der Waals surface area contributed by atoms with E-state index in [0.717, 1.165) is 5.75 Å². The van der Waals surface area contributed by atoms with Crippen molar-refractivity contribution in [2.45, 2.75) is 55.0 Å². The number of hydrogen-bond acceptors (Lipinski definition) is 4. The Balaban J connectivity index is 0.000000258. The predicted octanol–water partition coefficient (Wildman–Crippen LogP) is 4.98. The lowest BCUT2D eigenvalue weighted by atomic mass is 10.1. The molecular formula is C20H23F3O4S2. The van der Waals surface area contributed by atoms with E-state index in [9.17, 15) is 13.2 Å². The van der Waals surface area contributed by atoms with E-state index >= 15 is 0 Å². The number of ether oxygens (including phenoxy) is 1. The van der Waals surface area contributed by atoms with Crippen molar-refractivity contribution in [2.24, 2.45) is 0 Å². The molecule has 0 radical (unpaired) electrons. The highest BCUT2D eigenvalue weighted by Crippen LogP contribution is 2.36. The van der Waals surface area contributed by atoms with E-state index in [1.54, 1.807) is 4.90 Å². The van der Waals surface area contributed by atoms with Crippen molar-refractivity contribution < 1.29 is 30.9 Å². The number of benzene rings is 2. The molecule has 1 saturated carbocycles. The molecular weight excluding hydrogens is 425 g/mol. The lowest BCUT2D eigenvalue weighted by molar-refractivity contribution is -0.0517. The molecule has 9 heteroatoms. The molecule has 4 nitrogen and oxygen atoms in total. The normalized spacial score (nSPS) is 18.6. The van der Waals surface area contributed by atoms with Gasteiger partial charge in [0.25, 0.3) is 0 Å². The first-order chi connectivity index (χ1) is 13.7. The zero-order valence-corrected chi connectivity index (χ0v) is 17.4. The molecule has 0 aromatic heterocycles. The first-order valence-electron chi connectivity index (χ1n) is 9.55. The Bertz CT molecular complexity index is 932. The maximum atomic E-state index is 10.7. The number of hydrogen-bond donors (Lipinski definition) is 0. The van der Waals surface area contributed by atoms with Crippen LogP contribution in [0.5, 0.6) is 5.75 Å². The van der Waals surface area contributed by atoms with Crippen LogP contribution >= 0.6 is 0 Å². The Morgan fingerprint density at radius 3 is 2.03 bits per heavy atom. The van der Waals surface area contributed by atoms with Crippen LogP contribution in [0.3, 0.4) is 0 Å². The van der Waals surface area contributed by atoms with Gasteiger partial charge in [-0.2, -0.15) is 13.2 Å². The number of rotatable bonds is 3. The maximum absolute atomic E-state index is 10.7. The monoisotopic (exact) mass is 448 g/mol. The summed E-state index contributed by atoms with van der Waals surface area (Å²) in [5, 5.41) is 2.75. The zero-order chi connectivity index (χ0) is 21.1. The minimum atomic E-state index is -6.09. The van der Waals surface area contributed by atoms with Crippen molar-refractivity contribution in [1.29, 1.82) is 0 Å². The van der Waals surface area contributed by atoms with Gasteiger partial charge in [-0.1, -0.05) is 18.2 Å². The van der Waals surface area contributed by atoms with E-state index in [-0.39, 0.29) is 0 Å². The third-order valence-electron chi connectivity index (χ3n) is 5.07. The van der Waals surface area contributed by atoms with Crippen LogP contribution in [0.15, 0.2) is 41.3 Å². The molecule has 0 amide bonds. The van der Waals surface area contributed by atoms with E-state index in [1.165, 1.54) is 60.8 Å². The second-order valence-corrected chi connectivity index (χ2v) is 10.8. The summed E-state index contributed by atoms with van der Waals surface area (Å²) in [7, 11) is -5.62. The van der Waals surface area contributed by atoms with E-state index in [1.807, 2.05) is 0 Å². The average Bonchev–Trinajstić information content (AvgIpc) is 3.35. The summed E-state index contributed by atoms with van der Waals surface area (Å²) in [6.45, 7) is 0. The van der Waals surface area contributed by atoms with Crippen LogP contribution in [0.25, 0.3) is 10.8 Å². The lowest BCUT2D eigenvalue weighted by Crippen LogP contribution is -2.21. The molecule has 0 spiro atoms. The van der Waals surface area contributed by atoms with Gasteiger partial charge in [-0.3, -0.25) is 0 Å². The highest BCUT2D eigenvalue weighted by molar-refractivity contribution is 7.97. The highest BCUT2D eigenvalue weighted by atomic mass is 32.2. The van der Waals surface area contributed by atoms with Gasteiger partial charge in [-0.15, -0.1) is 0 Å². The third-order valence-corrected chi connectivity index (χ3v) is 8.17. The van der Waals surface area contributed by atoms with Crippen LogP contribution in [0.4, 0.5) is 13.2 Å². The topological polar surface area (TPSA) is 66.4 Å². The standard InChI is InChI=1S/C19H23OS.CHF3O3S/c1-2-8-15(7-1)20-18-11-12-19(21-13-5-6-14-21)17-10-4-3-9-16(17)18;2-1(3,4)8(5,6)7/h3-4,9-12,15H,1-2,5-8,13-14H2;(H,5,6,7)/q+1;/p-1.